The van der Waals surface area contributed by atoms with Gasteiger partial charge in [-0.25, -0.2) is 0 Å². The molecular formula is C118H104. The van der Waals surface area contributed by atoms with Crippen LogP contribution in [0.2, 0.25) is 0 Å². The molecule has 118 heavy (non-hydrogen) atoms. The Morgan fingerprint density at radius 3 is 0.720 bits per heavy atom. The van der Waals surface area contributed by atoms with Gasteiger partial charge in [0.1, 0.15) is 0 Å². The predicted molar refractivity (Wildman–Crippen MR) is 521 cm³/mol. The van der Waals surface area contributed by atoms with Crippen molar-refractivity contribution < 1.29 is 0 Å². The van der Waals surface area contributed by atoms with Crippen molar-refractivity contribution in [1.82, 2.24) is 0 Å². The quantitative estimate of drug-likeness (QED) is 0.155. The zero-order chi connectivity index (χ0) is 82.0. The Morgan fingerprint density at radius 2 is 0.390 bits per heavy atom. The standard InChI is InChI=1S/C24H22.C22H18.C21H16.C19H20.2C16H14/c1-15-13-16(2)23(17(3)14-15)24-21-11-7-5-9-19(21)18(4)20-10-6-8-12-22(20)24;1-15-11-13-17(14-12-15)22-20-9-5-3-7-18(20)16(2)19-8-4-6-10-21(19)22;1-15-17-11-5-7-13-19(17)21(16-9-3-2-4-10-16)20-14-8-6-12-18(15)20;1-13-14-9-5-7-11-16(14)18(19(2,3)4)17-12-8-6-10-15(13)17;1-11-13-7-3-5-9-15(13)12(2)16-10-6-4-8-14(11)16;1-11-7-8-14-10-13-5-3-4-6-15(13)12(2)16(14)9-11/h5-14H,1-4H3;3-14H,1-2H3;2-14H,1H3;5-12H,1-4H3;2*3-10H,1-2H3. The van der Waals surface area contributed by atoms with Crippen molar-refractivity contribution in [3.63, 3.8) is 0 Å². The summed E-state index contributed by atoms with van der Waals surface area (Å²) in [6.45, 7) is 33.4. The normalized spacial score (nSPS) is 11.3. The van der Waals surface area contributed by atoms with E-state index in [4.69, 9.17) is 0 Å². The lowest BCUT2D eigenvalue weighted by molar-refractivity contribution is 0.601. The molecule has 0 unspecified atom stereocenters. The average Bonchev–Trinajstić information content (AvgIpc) is 0.774. The maximum absolute atomic E-state index is 2.30. The first-order valence-electron chi connectivity index (χ1n) is 41.8. The number of hydrogen-bond donors (Lipinski definition) is 0. The molecule has 576 valence electrons. The van der Waals surface area contributed by atoms with Crippen LogP contribution in [0.4, 0.5) is 0 Å². The van der Waals surface area contributed by atoms with Crippen LogP contribution in [0.5, 0.6) is 0 Å². The van der Waals surface area contributed by atoms with E-state index in [0.717, 1.165) is 0 Å². The Hall–Kier alpha value is -13.3. The summed E-state index contributed by atoms with van der Waals surface area (Å²) in [6, 6.07) is 129. The van der Waals surface area contributed by atoms with Crippen molar-refractivity contribution in [2.45, 2.75) is 109 Å². The lowest BCUT2D eigenvalue weighted by atomic mass is 9.79. The number of rotatable bonds is 3. The van der Waals surface area contributed by atoms with E-state index in [0.29, 0.717) is 0 Å². The van der Waals surface area contributed by atoms with Gasteiger partial charge in [-0.1, -0.05) is 389 Å². The summed E-state index contributed by atoms with van der Waals surface area (Å²) in [7, 11) is 0. The summed E-state index contributed by atoms with van der Waals surface area (Å²) >= 11 is 0. The fraction of sp³-hybridized carbons (Fsp3) is 0.136. The second-order valence-corrected chi connectivity index (χ2v) is 33.4. The molecule has 21 aromatic carbocycles. The van der Waals surface area contributed by atoms with Gasteiger partial charge in [-0.2, -0.15) is 0 Å². The van der Waals surface area contributed by atoms with E-state index < -0.39 is 0 Å². The van der Waals surface area contributed by atoms with Gasteiger partial charge in [0.25, 0.3) is 0 Å². The van der Waals surface area contributed by atoms with Crippen LogP contribution in [0.1, 0.15) is 93.1 Å². The summed E-state index contributed by atoms with van der Waals surface area (Å²) in [4.78, 5) is 0. The van der Waals surface area contributed by atoms with E-state index in [2.05, 4.69) is 462 Å². The number of fused-ring (bicyclic) bond motifs is 12. The van der Waals surface area contributed by atoms with Gasteiger partial charge >= 0.3 is 0 Å². The average molecular weight is 1520 g/mol. The van der Waals surface area contributed by atoms with E-state index in [1.54, 1.807) is 0 Å². The molecule has 0 aliphatic rings. The Balaban J connectivity index is 0.000000106. The minimum absolute atomic E-state index is 0.146. The summed E-state index contributed by atoms with van der Waals surface area (Å²) < 4.78 is 0. The van der Waals surface area contributed by atoms with E-state index in [9.17, 15) is 0 Å². The molecule has 0 bridgehead atoms. The molecule has 0 aliphatic carbocycles. The third kappa shape index (κ3) is 15.2. The van der Waals surface area contributed by atoms with Crippen molar-refractivity contribution in [3.8, 4) is 33.4 Å². The number of aryl methyl sites for hydroxylation is 12. The zero-order valence-electron chi connectivity index (χ0n) is 71.1. The third-order valence-electron chi connectivity index (χ3n) is 24.6. The molecule has 0 saturated carbocycles. The van der Waals surface area contributed by atoms with E-state index in [-0.39, 0.29) is 5.41 Å². The fourth-order valence-electron chi connectivity index (χ4n) is 18.9. The lowest BCUT2D eigenvalue weighted by Gasteiger charge is -2.25. The first-order valence-corrected chi connectivity index (χ1v) is 41.8. The van der Waals surface area contributed by atoms with Gasteiger partial charge in [0.2, 0.25) is 0 Å². The molecule has 0 radical (unpaired) electrons. The van der Waals surface area contributed by atoms with Crippen LogP contribution < -0.4 is 0 Å². The van der Waals surface area contributed by atoms with Crippen molar-refractivity contribution in [1.29, 1.82) is 0 Å². The topological polar surface area (TPSA) is 0 Å². The van der Waals surface area contributed by atoms with Gasteiger partial charge in [-0.05, 0) is 313 Å². The summed E-state index contributed by atoms with van der Waals surface area (Å²) in [5, 5.41) is 32.6. The number of hydrogen-bond acceptors (Lipinski definition) is 0. The largest absolute Gasteiger partial charge is 0.0622 e. The molecule has 0 aliphatic heterocycles. The maximum Gasteiger partial charge on any atom is -0.00213 e. The smallest absolute Gasteiger partial charge is 0.00213 e. The van der Waals surface area contributed by atoms with Crippen LogP contribution in [-0.2, 0) is 5.41 Å². The minimum atomic E-state index is 0.146. The molecule has 0 saturated heterocycles. The molecular weight excluding hydrogens is 1420 g/mol. The highest BCUT2D eigenvalue weighted by Crippen LogP contribution is 2.45. The molecule has 21 aromatic rings. The Bertz CT molecular complexity index is 7010. The molecule has 21 rings (SSSR count). The van der Waals surface area contributed by atoms with Crippen molar-refractivity contribution in [3.05, 3.63) is 430 Å². The van der Waals surface area contributed by atoms with Crippen LogP contribution in [0, 0.1) is 83.1 Å². The SMILES string of the molecule is Cc1c2ccccc2c(-c2ccccc2)c2ccccc12.Cc1c2ccccc2c(C(C)(C)C)c2ccccc12.Cc1c2ccccc2c(C)c2ccccc12.Cc1cc(C)c(-c2c3ccccc3c(C)c3ccccc23)c(C)c1.Cc1ccc(-c2c3ccccc3c(C)c3ccccc23)cc1.Cc1ccc2cc3ccccc3c(C)c2c1. The highest BCUT2D eigenvalue weighted by atomic mass is 14.3. The minimum Gasteiger partial charge on any atom is -0.0622 e. The Kier molecular flexibility index (Phi) is 22.3. The van der Waals surface area contributed by atoms with Gasteiger partial charge in [0.15, 0.2) is 0 Å². The van der Waals surface area contributed by atoms with Gasteiger partial charge in [0.05, 0.1) is 0 Å². The first-order chi connectivity index (χ1) is 57.2. The summed E-state index contributed by atoms with van der Waals surface area (Å²) in [5.74, 6) is 0. The van der Waals surface area contributed by atoms with Crippen LogP contribution in [0.25, 0.3) is 163 Å². The monoisotopic (exact) mass is 1520 g/mol. The second-order valence-electron chi connectivity index (χ2n) is 33.4. The second kappa shape index (κ2) is 33.5. The Labute approximate surface area is 697 Å². The van der Waals surface area contributed by atoms with Gasteiger partial charge in [0, 0.05) is 0 Å². The van der Waals surface area contributed by atoms with Gasteiger partial charge < -0.3 is 0 Å². The van der Waals surface area contributed by atoms with Crippen molar-refractivity contribution in [2.24, 2.45) is 0 Å². The molecule has 0 spiro atoms. The summed E-state index contributed by atoms with van der Waals surface area (Å²) in [6.07, 6.45) is 0. The van der Waals surface area contributed by atoms with Gasteiger partial charge in [-0.15, -0.1) is 0 Å². The predicted octanol–water partition coefficient (Wildman–Crippen LogP) is 34.0. The maximum atomic E-state index is 2.30. The molecule has 0 aromatic heterocycles. The molecule has 0 N–H and O–H groups in total. The molecule has 0 heteroatoms. The van der Waals surface area contributed by atoms with E-state index >= 15 is 0 Å². The highest BCUT2D eigenvalue weighted by molar-refractivity contribution is 6.18. The number of benzene rings is 21. The fourth-order valence-corrected chi connectivity index (χ4v) is 18.9. The molecule has 0 fully saturated rings. The van der Waals surface area contributed by atoms with Crippen molar-refractivity contribution >= 4 is 129 Å². The van der Waals surface area contributed by atoms with Crippen LogP contribution in [0.15, 0.2) is 358 Å². The molecule has 0 atom stereocenters. The van der Waals surface area contributed by atoms with Crippen LogP contribution in [-0.4, -0.2) is 0 Å². The lowest BCUT2D eigenvalue weighted by Crippen LogP contribution is -2.13. The summed E-state index contributed by atoms with van der Waals surface area (Å²) in [5.41, 5.74) is 25.9. The molecule has 0 heterocycles. The van der Waals surface area contributed by atoms with Crippen LogP contribution >= 0.6 is 0 Å². The highest BCUT2D eigenvalue weighted by Gasteiger charge is 2.23. The Morgan fingerprint density at radius 1 is 0.153 bits per heavy atom. The van der Waals surface area contributed by atoms with Crippen molar-refractivity contribution in [2.75, 3.05) is 0 Å². The van der Waals surface area contributed by atoms with Crippen LogP contribution in [0.3, 0.4) is 0 Å². The first kappa shape index (κ1) is 78.6. The zero-order valence-corrected chi connectivity index (χ0v) is 71.1. The third-order valence-corrected chi connectivity index (χ3v) is 24.6. The van der Waals surface area contributed by atoms with Gasteiger partial charge in [-0.3, -0.25) is 0 Å². The molecule has 0 nitrogen and oxygen atoms in total. The van der Waals surface area contributed by atoms with E-state index in [1.165, 1.54) is 235 Å². The van der Waals surface area contributed by atoms with E-state index in [1.807, 2.05) is 0 Å². The molecule has 0 amide bonds.